The lowest BCUT2D eigenvalue weighted by Crippen LogP contribution is -2.14. The molecule has 0 aliphatic rings. The van der Waals surface area contributed by atoms with Crippen molar-refractivity contribution in [2.75, 3.05) is 4.72 Å². The third-order valence-electron chi connectivity index (χ3n) is 2.17. The largest absolute Gasteiger partial charge is 0.274 e. The van der Waals surface area contributed by atoms with Gasteiger partial charge in [0.25, 0.3) is 10.0 Å². The number of nitrogens with zero attached hydrogens (tertiary/aromatic N) is 1. The standard InChI is InChI=1S/C10H7Cl2FN2O2S2/c1-5-9(18-10(12)14-5)19(16,17)15-8-6(11)3-2-4-7(8)13/h2-4,15H,1H3. The van der Waals surface area contributed by atoms with Gasteiger partial charge in [-0.2, -0.15) is 0 Å². The minimum atomic E-state index is -3.97. The van der Waals surface area contributed by atoms with Crippen molar-refractivity contribution in [1.29, 1.82) is 0 Å². The Morgan fingerprint density at radius 1 is 1.37 bits per heavy atom. The van der Waals surface area contributed by atoms with Crippen molar-refractivity contribution in [2.24, 2.45) is 0 Å². The van der Waals surface area contributed by atoms with E-state index < -0.39 is 15.8 Å². The maximum absolute atomic E-state index is 13.6. The summed E-state index contributed by atoms with van der Waals surface area (Å²) < 4.78 is 39.9. The molecule has 1 heterocycles. The van der Waals surface area contributed by atoms with Crippen molar-refractivity contribution in [3.63, 3.8) is 0 Å². The number of hydrogen-bond donors (Lipinski definition) is 1. The van der Waals surface area contributed by atoms with Gasteiger partial charge >= 0.3 is 0 Å². The number of para-hydroxylation sites is 1. The SMILES string of the molecule is Cc1nc(Cl)sc1S(=O)(=O)Nc1c(F)cccc1Cl. The van der Waals surface area contributed by atoms with Crippen molar-refractivity contribution in [1.82, 2.24) is 4.98 Å². The third-order valence-corrected chi connectivity index (χ3v) is 5.71. The number of anilines is 1. The van der Waals surface area contributed by atoms with Crippen LogP contribution in [0.15, 0.2) is 22.4 Å². The predicted octanol–water partition coefficient (Wildman–Crippen LogP) is 3.70. The molecule has 0 atom stereocenters. The summed E-state index contributed by atoms with van der Waals surface area (Å²) in [6.07, 6.45) is 0. The molecule has 0 radical (unpaired) electrons. The second kappa shape index (κ2) is 5.24. The van der Waals surface area contributed by atoms with Gasteiger partial charge in [-0.05, 0) is 19.1 Å². The zero-order chi connectivity index (χ0) is 14.2. The first kappa shape index (κ1) is 14.5. The van der Waals surface area contributed by atoms with Crippen LogP contribution in [0.4, 0.5) is 10.1 Å². The number of hydrogen-bond acceptors (Lipinski definition) is 4. The van der Waals surface area contributed by atoms with Gasteiger partial charge in [-0.25, -0.2) is 17.8 Å². The van der Waals surface area contributed by atoms with Gasteiger partial charge in [0.15, 0.2) is 8.68 Å². The molecule has 0 aliphatic carbocycles. The Hall–Kier alpha value is -0.890. The lowest BCUT2D eigenvalue weighted by Gasteiger charge is -2.09. The molecule has 0 spiro atoms. The van der Waals surface area contributed by atoms with Crippen LogP contribution in [0.1, 0.15) is 5.69 Å². The van der Waals surface area contributed by atoms with Crippen LogP contribution < -0.4 is 4.72 Å². The maximum Gasteiger partial charge on any atom is 0.273 e. The molecule has 0 unspecified atom stereocenters. The molecule has 1 aromatic heterocycles. The average Bonchev–Trinajstić information content (AvgIpc) is 2.64. The molecule has 0 saturated heterocycles. The summed E-state index contributed by atoms with van der Waals surface area (Å²) >= 11 is 12.2. The monoisotopic (exact) mass is 340 g/mol. The van der Waals surface area contributed by atoms with Crippen LogP contribution >= 0.6 is 34.5 Å². The fourth-order valence-electron chi connectivity index (χ4n) is 1.38. The Morgan fingerprint density at radius 2 is 2.05 bits per heavy atom. The van der Waals surface area contributed by atoms with Gasteiger partial charge in [0.1, 0.15) is 11.5 Å². The summed E-state index contributed by atoms with van der Waals surface area (Å²) in [5, 5.41) is -0.0307. The van der Waals surface area contributed by atoms with E-state index in [0.29, 0.717) is 0 Å². The molecule has 2 rings (SSSR count). The van der Waals surface area contributed by atoms with E-state index in [1.54, 1.807) is 0 Å². The third kappa shape index (κ3) is 3.00. The zero-order valence-electron chi connectivity index (χ0n) is 9.45. The summed E-state index contributed by atoms with van der Waals surface area (Å²) in [5.74, 6) is -0.760. The van der Waals surface area contributed by atoms with E-state index in [0.717, 1.165) is 17.4 Å². The van der Waals surface area contributed by atoms with Gasteiger partial charge in [0.05, 0.1) is 10.7 Å². The highest BCUT2D eigenvalue weighted by molar-refractivity contribution is 7.94. The highest BCUT2D eigenvalue weighted by Gasteiger charge is 2.23. The molecule has 102 valence electrons. The fraction of sp³-hybridized carbons (Fsp3) is 0.100. The Balaban J connectivity index is 2.45. The molecule has 1 aromatic carbocycles. The molecule has 1 N–H and O–H groups in total. The van der Waals surface area contributed by atoms with E-state index in [2.05, 4.69) is 9.71 Å². The number of aryl methyl sites for hydroxylation is 1. The van der Waals surface area contributed by atoms with Crippen LogP contribution in [0.3, 0.4) is 0 Å². The normalized spacial score (nSPS) is 11.6. The topological polar surface area (TPSA) is 59.1 Å². The first-order valence-corrected chi connectivity index (χ1v) is 7.96. The van der Waals surface area contributed by atoms with Gasteiger partial charge in [0, 0.05) is 0 Å². The zero-order valence-corrected chi connectivity index (χ0v) is 12.6. The van der Waals surface area contributed by atoms with E-state index in [-0.39, 0.29) is 25.1 Å². The molecule has 0 saturated carbocycles. The van der Waals surface area contributed by atoms with E-state index in [4.69, 9.17) is 23.2 Å². The quantitative estimate of drug-likeness (QED) is 0.926. The van der Waals surface area contributed by atoms with Gasteiger partial charge < -0.3 is 0 Å². The number of thiazole rings is 1. The van der Waals surface area contributed by atoms with Crippen molar-refractivity contribution < 1.29 is 12.8 Å². The van der Waals surface area contributed by atoms with Crippen LogP contribution in [0.25, 0.3) is 0 Å². The van der Waals surface area contributed by atoms with Gasteiger partial charge in [-0.3, -0.25) is 4.72 Å². The number of benzene rings is 1. The lowest BCUT2D eigenvalue weighted by atomic mass is 10.3. The van der Waals surface area contributed by atoms with E-state index in [1.165, 1.54) is 19.1 Å². The Labute approximate surface area is 123 Å². The molecular formula is C10H7Cl2FN2O2S2. The van der Waals surface area contributed by atoms with Crippen LogP contribution in [0.5, 0.6) is 0 Å². The van der Waals surface area contributed by atoms with Crippen molar-refractivity contribution in [3.05, 3.63) is 39.2 Å². The number of sulfonamides is 1. The second-order valence-corrected chi connectivity index (χ2v) is 7.41. The summed E-state index contributed by atoms with van der Waals surface area (Å²) in [6, 6.07) is 3.87. The van der Waals surface area contributed by atoms with Crippen molar-refractivity contribution in [2.45, 2.75) is 11.1 Å². The maximum atomic E-state index is 13.6. The number of rotatable bonds is 3. The van der Waals surface area contributed by atoms with Gasteiger partial charge in [0.2, 0.25) is 0 Å². The van der Waals surface area contributed by atoms with E-state index >= 15 is 0 Å². The summed E-state index contributed by atoms with van der Waals surface area (Å²) in [5.41, 5.74) is -0.0527. The molecular weight excluding hydrogens is 334 g/mol. The first-order chi connectivity index (χ1) is 8.81. The number of halogens is 3. The number of nitrogens with one attached hydrogen (secondary N) is 1. The summed E-state index contributed by atoms with van der Waals surface area (Å²) in [6.45, 7) is 1.50. The first-order valence-electron chi connectivity index (χ1n) is 4.91. The fourth-order valence-corrected chi connectivity index (χ4v) is 4.47. The molecule has 19 heavy (non-hydrogen) atoms. The Kier molecular flexibility index (Phi) is 4.00. The molecule has 0 aliphatic heterocycles. The highest BCUT2D eigenvalue weighted by Crippen LogP contribution is 2.31. The molecule has 2 aromatic rings. The highest BCUT2D eigenvalue weighted by atomic mass is 35.5. The Bertz CT molecular complexity index is 711. The average molecular weight is 341 g/mol. The molecule has 0 fully saturated rings. The second-order valence-electron chi connectivity index (χ2n) is 3.54. The summed E-state index contributed by atoms with van der Waals surface area (Å²) in [4.78, 5) is 3.80. The molecule has 4 nitrogen and oxygen atoms in total. The molecule has 9 heteroatoms. The van der Waals surface area contributed by atoms with Gasteiger partial charge in [-0.15, -0.1) is 0 Å². The van der Waals surface area contributed by atoms with Crippen LogP contribution in [0.2, 0.25) is 9.49 Å². The van der Waals surface area contributed by atoms with Crippen LogP contribution in [0, 0.1) is 12.7 Å². The molecule has 0 bridgehead atoms. The molecule has 0 amide bonds. The van der Waals surface area contributed by atoms with Gasteiger partial charge in [-0.1, -0.05) is 40.6 Å². The minimum absolute atomic E-state index is 0.0307. The predicted molar refractivity (Wildman–Crippen MR) is 74.1 cm³/mol. The number of aromatic nitrogens is 1. The minimum Gasteiger partial charge on any atom is -0.274 e. The van der Waals surface area contributed by atoms with Crippen molar-refractivity contribution >= 4 is 50.2 Å². The summed E-state index contributed by atoms with van der Waals surface area (Å²) in [7, 11) is -3.97. The van der Waals surface area contributed by atoms with Crippen molar-refractivity contribution in [3.8, 4) is 0 Å². The lowest BCUT2D eigenvalue weighted by molar-refractivity contribution is 0.599. The Morgan fingerprint density at radius 3 is 2.58 bits per heavy atom. The van der Waals surface area contributed by atoms with Crippen LogP contribution in [-0.4, -0.2) is 13.4 Å². The van der Waals surface area contributed by atoms with Crippen LogP contribution in [-0.2, 0) is 10.0 Å². The smallest absolute Gasteiger partial charge is 0.273 e. The van der Waals surface area contributed by atoms with E-state index in [1.807, 2.05) is 0 Å². The van der Waals surface area contributed by atoms with E-state index in [9.17, 15) is 12.8 Å².